The summed E-state index contributed by atoms with van der Waals surface area (Å²) in [5, 5.41) is 3.40. The normalized spacial score (nSPS) is 12.9. The van der Waals surface area contributed by atoms with E-state index in [0.717, 1.165) is 16.8 Å². The third-order valence-corrected chi connectivity index (χ3v) is 2.80. The van der Waals surface area contributed by atoms with Crippen molar-refractivity contribution in [3.05, 3.63) is 28.2 Å². The summed E-state index contributed by atoms with van der Waals surface area (Å²) in [5.41, 5.74) is 1.20. The first-order chi connectivity index (χ1) is 7.54. The van der Waals surface area contributed by atoms with E-state index in [4.69, 9.17) is 4.74 Å². The molecule has 0 aliphatic heterocycles. The zero-order valence-corrected chi connectivity index (χ0v) is 12.0. The highest BCUT2D eigenvalue weighted by atomic mass is 79.9. The molecule has 0 aromatic heterocycles. The fourth-order valence-corrected chi connectivity index (χ4v) is 2.01. The third-order valence-electron chi connectivity index (χ3n) is 2.31. The van der Waals surface area contributed by atoms with Crippen molar-refractivity contribution in [2.24, 2.45) is 0 Å². The van der Waals surface area contributed by atoms with Crippen LogP contribution >= 0.6 is 15.9 Å². The quantitative estimate of drug-likeness (QED) is 0.886. The number of ether oxygens (including phenoxy) is 1. The minimum Gasteiger partial charge on any atom is -0.491 e. The fourth-order valence-electron chi connectivity index (χ4n) is 1.64. The molecule has 0 radical (unpaired) electrons. The van der Waals surface area contributed by atoms with Gasteiger partial charge < -0.3 is 10.1 Å². The lowest BCUT2D eigenvalue weighted by Crippen LogP contribution is -2.19. The van der Waals surface area contributed by atoms with Gasteiger partial charge in [0.2, 0.25) is 0 Å². The first kappa shape index (κ1) is 13.5. The maximum Gasteiger partial charge on any atom is 0.124 e. The van der Waals surface area contributed by atoms with Crippen LogP contribution in [0, 0.1) is 0 Å². The zero-order chi connectivity index (χ0) is 12.1. The van der Waals surface area contributed by atoms with Gasteiger partial charge in [0.15, 0.2) is 0 Å². The molecule has 90 valence electrons. The van der Waals surface area contributed by atoms with E-state index < -0.39 is 0 Å². The van der Waals surface area contributed by atoms with Gasteiger partial charge in [-0.15, -0.1) is 0 Å². The smallest absolute Gasteiger partial charge is 0.124 e. The van der Waals surface area contributed by atoms with Crippen LogP contribution in [-0.4, -0.2) is 12.6 Å². The van der Waals surface area contributed by atoms with Gasteiger partial charge in [-0.1, -0.05) is 22.9 Å². The predicted molar refractivity (Wildman–Crippen MR) is 72.0 cm³/mol. The monoisotopic (exact) mass is 285 g/mol. The topological polar surface area (TPSA) is 21.3 Å². The van der Waals surface area contributed by atoms with Crippen LogP contribution in [0.25, 0.3) is 0 Å². The van der Waals surface area contributed by atoms with Gasteiger partial charge in [-0.25, -0.2) is 0 Å². The lowest BCUT2D eigenvalue weighted by molar-refractivity contribution is 0.238. The summed E-state index contributed by atoms with van der Waals surface area (Å²) >= 11 is 3.50. The summed E-state index contributed by atoms with van der Waals surface area (Å²) in [5.74, 6) is 0.964. The van der Waals surface area contributed by atoms with E-state index in [-0.39, 0.29) is 6.10 Å². The van der Waals surface area contributed by atoms with Crippen LogP contribution in [0.1, 0.15) is 39.3 Å². The molecule has 0 fully saturated rings. The molecule has 0 spiro atoms. The Labute approximate surface area is 107 Å². The van der Waals surface area contributed by atoms with Crippen LogP contribution < -0.4 is 10.1 Å². The molecule has 0 bridgehead atoms. The Morgan fingerprint density at radius 3 is 2.56 bits per heavy atom. The van der Waals surface area contributed by atoms with Crippen molar-refractivity contribution < 1.29 is 4.74 Å². The number of halogens is 1. The predicted octanol–water partition coefficient (Wildman–Crippen LogP) is 3.91. The highest BCUT2D eigenvalue weighted by Gasteiger charge is 2.12. The molecule has 0 saturated heterocycles. The van der Waals surface area contributed by atoms with Crippen molar-refractivity contribution in [1.82, 2.24) is 5.32 Å². The standard InChI is InChI=1S/C13H20BrNO/c1-5-15-10(4)12-8-11(14)6-7-13(12)16-9(2)3/h6-10,15H,5H2,1-4H3. The van der Waals surface area contributed by atoms with E-state index in [0.29, 0.717) is 6.04 Å². The number of nitrogens with one attached hydrogen (secondary N) is 1. The van der Waals surface area contributed by atoms with Crippen molar-refractivity contribution in [1.29, 1.82) is 0 Å². The van der Waals surface area contributed by atoms with Crippen molar-refractivity contribution in [2.75, 3.05) is 6.54 Å². The van der Waals surface area contributed by atoms with E-state index >= 15 is 0 Å². The number of hydrogen-bond donors (Lipinski definition) is 1. The van der Waals surface area contributed by atoms with Gasteiger partial charge in [0, 0.05) is 16.1 Å². The van der Waals surface area contributed by atoms with Crippen molar-refractivity contribution in [3.8, 4) is 5.75 Å². The summed E-state index contributed by atoms with van der Waals surface area (Å²) in [6.07, 6.45) is 0.203. The van der Waals surface area contributed by atoms with Gasteiger partial charge in [0.25, 0.3) is 0 Å². The molecule has 0 aliphatic rings. The number of hydrogen-bond acceptors (Lipinski definition) is 2. The van der Waals surface area contributed by atoms with Crippen molar-refractivity contribution in [2.45, 2.75) is 39.8 Å². The van der Waals surface area contributed by atoms with E-state index in [1.54, 1.807) is 0 Å². The summed E-state index contributed by atoms with van der Waals surface area (Å²) in [6, 6.07) is 6.45. The summed E-state index contributed by atoms with van der Waals surface area (Å²) in [7, 11) is 0. The molecule has 1 aromatic carbocycles. The highest BCUT2D eigenvalue weighted by molar-refractivity contribution is 9.10. The van der Waals surface area contributed by atoms with E-state index in [1.165, 1.54) is 5.56 Å². The van der Waals surface area contributed by atoms with E-state index in [2.05, 4.69) is 41.2 Å². The van der Waals surface area contributed by atoms with E-state index in [9.17, 15) is 0 Å². The molecule has 0 amide bonds. The Morgan fingerprint density at radius 2 is 2.00 bits per heavy atom. The summed E-state index contributed by atoms with van der Waals surface area (Å²) in [6.45, 7) is 9.30. The lowest BCUT2D eigenvalue weighted by Gasteiger charge is -2.19. The van der Waals surface area contributed by atoms with Crippen molar-refractivity contribution in [3.63, 3.8) is 0 Å². The molecular weight excluding hydrogens is 266 g/mol. The molecule has 1 aromatic rings. The number of rotatable bonds is 5. The van der Waals surface area contributed by atoms with Gasteiger partial charge in [0.1, 0.15) is 5.75 Å². The molecule has 1 rings (SSSR count). The maximum absolute atomic E-state index is 5.81. The van der Waals surface area contributed by atoms with E-state index in [1.807, 2.05) is 26.0 Å². The highest BCUT2D eigenvalue weighted by Crippen LogP contribution is 2.29. The average molecular weight is 286 g/mol. The second kappa shape index (κ2) is 6.26. The fraction of sp³-hybridized carbons (Fsp3) is 0.538. The van der Waals surface area contributed by atoms with Gasteiger partial charge in [-0.05, 0) is 45.5 Å². The Morgan fingerprint density at radius 1 is 1.31 bits per heavy atom. The summed E-state index contributed by atoms with van der Waals surface area (Å²) in [4.78, 5) is 0. The van der Waals surface area contributed by atoms with Gasteiger partial charge >= 0.3 is 0 Å². The summed E-state index contributed by atoms with van der Waals surface area (Å²) < 4.78 is 6.89. The average Bonchev–Trinajstić information content (AvgIpc) is 2.20. The van der Waals surface area contributed by atoms with Crippen LogP contribution in [0.3, 0.4) is 0 Å². The van der Waals surface area contributed by atoms with Gasteiger partial charge in [-0.2, -0.15) is 0 Å². The number of benzene rings is 1. The van der Waals surface area contributed by atoms with Gasteiger partial charge in [-0.3, -0.25) is 0 Å². The molecule has 1 N–H and O–H groups in total. The second-order valence-corrected chi connectivity index (χ2v) is 5.04. The van der Waals surface area contributed by atoms with Crippen LogP contribution in [0.4, 0.5) is 0 Å². The Hall–Kier alpha value is -0.540. The van der Waals surface area contributed by atoms with Crippen LogP contribution in [0.5, 0.6) is 5.75 Å². The molecule has 0 saturated carbocycles. The maximum atomic E-state index is 5.81. The van der Waals surface area contributed by atoms with Crippen LogP contribution in [-0.2, 0) is 0 Å². The lowest BCUT2D eigenvalue weighted by atomic mass is 10.1. The zero-order valence-electron chi connectivity index (χ0n) is 10.4. The molecule has 1 unspecified atom stereocenters. The Balaban J connectivity index is 2.97. The van der Waals surface area contributed by atoms with Gasteiger partial charge in [0.05, 0.1) is 6.10 Å². The minimum atomic E-state index is 0.203. The largest absolute Gasteiger partial charge is 0.491 e. The Kier molecular flexibility index (Phi) is 5.29. The minimum absolute atomic E-state index is 0.203. The Bertz CT molecular complexity index is 339. The first-order valence-electron chi connectivity index (χ1n) is 5.74. The molecule has 3 heteroatoms. The molecule has 16 heavy (non-hydrogen) atoms. The molecule has 1 atom stereocenters. The third kappa shape index (κ3) is 3.80. The molecular formula is C13H20BrNO. The van der Waals surface area contributed by atoms with Crippen LogP contribution in [0.2, 0.25) is 0 Å². The van der Waals surface area contributed by atoms with Crippen LogP contribution in [0.15, 0.2) is 22.7 Å². The second-order valence-electron chi connectivity index (χ2n) is 4.13. The SMILES string of the molecule is CCNC(C)c1cc(Br)ccc1OC(C)C. The molecule has 0 aliphatic carbocycles. The first-order valence-corrected chi connectivity index (χ1v) is 6.53. The van der Waals surface area contributed by atoms with Crippen molar-refractivity contribution >= 4 is 15.9 Å². The molecule has 2 nitrogen and oxygen atoms in total. The molecule has 0 heterocycles.